The molecule has 1 aromatic heterocycles. The van der Waals surface area contributed by atoms with Crippen molar-refractivity contribution in [2.45, 2.75) is 25.8 Å². The number of thiophene rings is 1. The van der Waals surface area contributed by atoms with Gasteiger partial charge in [0.05, 0.1) is 12.1 Å². The topological polar surface area (TPSA) is 35.2 Å². The smallest absolute Gasteiger partial charge is 0.0684 e. The van der Waals surface area contributed by atoms with E-state index in [0.717, 1.165) is 6.42 Å². The number of methoxy groups -OCH3 is 1. The van der Waals surface area contributed by atoms with Crippen LogP contribution in [0.1, 0.15) is 23.8 Å². The minimum atomic E-state index is -0.307. The number of hydrogen-bond donors (Lipinski definition) is 1. The molecule has 0 radical (unpaired) electrons. The molecule has 1 rings (SSSR count). The van der Waals surface area contributed by atoms with Crippen molar-refractivity contribution in [1.29, 1.82) is 0 Å². The summed E-state index contributed by atoms with van der Waals surface area (Å²) in [6.45, 7) is 4.78. The summed E-state index contributed by atoms with van der Waals surface area (Å²) in [6, 6.07) is 2.10. The summed E-state index contributed by atoms with van der Waals surface area (Å²) in [5, 5.41) is 2.08. The first-order chi connectivity index (χ1) is 6.14. The quantitative estimate of drug-likeness (QED) is 0.807. The van der Waals surface area contributed by atoms with Crippen LogP contribution in [0, 0.1) is 6.92 Å². The third-order valence-electron chi connectivity index (χ3n) is 2.43. The predicted molar refractivity (Wildman–Crippen MR) is 57.1 cm³/mol. The molecule has 0 fully saturated rings. The largest absolute Gasteiger partial charge is 0.382 e. The highest BCUT2D eigenvalue weighted by molar-refractivity contribution is 7.10. The Labute approximate surface area is 83.7 Å². The molecule has 74 valence electrons. The third kappa shape index (κ3) is 2.10. The van der Waals surface area contributed by atoms with Crippen molar-refractivity contribution in [3.05, 3.63) is 21.9 Å². The highest BCUT2D eigenvalue weighted by Gasteiger charge is 2.27. The van der Waals surface area contributed by atoms with Crippen LogP contribution in [0.5, 0.6) is 0 Å². The van der Waals surface area contributed by atoms with Gasteiger partial charge in [0, 0.05) is 12.0 Å². The van der Waals surface area contributed by atoms with Crippen LogP contribution in [0.4, 0.5) is 0 Å². The molecule has 1 atom stereocenters. The molecule has 1 unspecified atom stereocenters. The minimum absolute atomic E-state index is 0.307. The molecular formula is C10H17NOS. The van der Waals surface area contributed by atoms with Gasteiger partial charge in [-0.15, -0.1) is 11.3 Å². The maximum atomic E-state index is 6.26. The lowest BCUT2D eigenvalue weighted by molar-refractivity contribution is 0.129. The number of aryl methyl sites for hydroxylation is 1. The van der Waals surface area contributed by atoms with Gasteiger partial charge in [0.2, 0.25) is 0 Å². The molecule has 0 aliphatic heterocycles. The van der Waals surface area contributed by atoms with Crippen LogP contribution in [0.3, 0.4) is 0 Å². The van der Waals surface area contributed by atoms with E-state index in [-0.39, 0.29) is 5.54 Å². The van der Waals surface area contributed by atoms with Gasteiger partial charge in [-0.1, -0.05) is 6.92 Å². The predicted octanol–water partition coefficient (Wildman–Crippen LogP) is 2.27. The molecule has 0 aliphatic rings. The summed E-state index contributed by atoms with van der Waals surface area (Å²) < 4.78 is 5.16. The second-order valence-electron chi connectivity index (χ2n) is 3.33. The zero-order valence-electron chi connectivity index (χ0n) is 8.46. The molecule has 0 spiro atoms. The van der Waals surface area contributed by atoms with Crippen LogP contribution in [-0.2, 0) is 10.3 Å². The van der Waals surface area contributed by atoms with E-state index in [9.17, 15) is 0 Å². The van der Waals surface area contributed by atoms with Gasteiger partial charge in [-0.25, -0.2) is 0 Å². The second-order valence-corrected chi connectivity index (χ2v) is 4.45. The van der Waals surface area contributed by atoms with Gasteiger partial charge in [0.15, 0.2) is 0 Å². The standard InChI is InChI=1S/C10H17NOS/c1-4-10(11,7-12-3)9-5-6-13-8(9)2/h5-6H,4,7,11H2,1-3H3. The Morgan fingerprint density at radius 2 is 2.31 bits per heavy atom. The third-order valence-corrected chi connectivity index (χ3v) is 3.27. The van der Waals surface area contributed by atoms with Crippen molar-refractivity contribution >= 4 is 11.3 Å². The second kappa shape index (κ2) is 4.22. The molecule has 2 nitrogen and oxygen atoms in total. The van der Waals surface area contributed by atoms with Crippen LogP contribution in [0.15, 0.2) is 11.4 Å². The molecule has 1 heterocycles. The highest BCUT2D eigenvalue weighted by Crippen LogP contribution is 2.28. The first-order valence-electron chi connectivity index (χ1n) is 4.46. The number of ether oxygens (including phenoxy) is 1. The van der Waals surface area contributed by atoms with E-state index in [4.69, 9.17) is 10.5 Å². The lowest BCUT2D eigenvalue weighted by Crippen LogP contribution is -2.40. The molecule has 3 heteroatoms. The van der Waals surface area contributed by atoms with E-state index in [1.165, 1.54) is 10.4 Å². The van der Waals surface area contributed by atoms with Crippen molar-refractivity contribution in [3.63, 3.8) is 0 Å². The number of rotatable bonds is 4. The van der Waals surface area contributed by atoms with Crippen LogP contribution < -0.4 is 5.73 Å². The molecule has 1 aromatic rings. The monoisotopic (exact) mass is 199 g/mol. The first kappa shape index (κ1) is 10.7. The maximum Gasteiger partial charge on any atom is 0.0684 e. The van der Waals surface area contributed by atoms with E-state index in [1.54, 1.807) is 18.4 Å². The molecule has 0 aromatic carbocycles. The number of hydrogen-bond acceptors (Lipinski definition) is 3. The summed E-state index contributed by atoms with van der Waals surface area (Å²) in [5.74, 6) is 0. The first-order valence-corrected chi connectivity index (χ1v) is 5.34. The minimum Gasteiger partial charge on any atom is -0.382 e. The summed E-state index contributed by atoms with van der Waals surface area (Å²) >= 11 is 1.74. The van der Waals surface area contributed by atoms with Crippen LogP contribution in [-0.4, -0.2) is 13.7 Å². The van der Waals surface area contributed by atoms with Gasteiger partial charge >= 0.3 is 0 Å². The Morgan fingerprint density at radius 1 is 1.62 bits per heavy atom. The maximum absolute atomic E-state index is 6.26. The van der Waals surface area contributed by atoms with Crippen molar-refractivity contribution in [2.75, 3.05) is 13.7 Å². The molecular weight excluding hydrogens is 182 g/mol. The summed E-state index contributed by atoms with van der Waals surface area (Å²) in [5.41, 5.74) is 7.17. The van der Waals surface area contributed by atoms with Gasteiger partial charge in [0.1, 0.15) is 0 Å². The summed E-state index contributed by atoms with van der Waals surface area (Å²) in [6.07, 6.45) is 0.901. The van der Waals surface area contributed by atoms with Crippen LogP contribution in [0.2, 0.25) is 0 Å². The lowest BCUT2D eigenvalue weighted by atomic mass is 9.90. The Hall–Kier alpha value is -0.380. The molecule has 0 bridgehead atoms. The van der Waals surface area contributed by atoms with Crippen molar-refractivity contribution in [1.82, 2.24) is 0 Å². The fourth-order valence-corrected chi connectivity index (χ4v) is 2.34. The molecule has 0 saturated carbocycles. The zero-order valence-corrected chi connectivity index (χ0v) is 9.28. The fraction of sp³-hybridized carbons (Fsp3) is 0.600. The van der Waals surface area contributed by atoms with Gasteiger partial charge in [-0.3, -0.25) is 0 Å². The molecule has 2 N–H and O–H groups in total. The Balaban J connectivity index is 2.95. The molecule has 13 heavy (non-hydrogen) atoms. The molecule has 0 amide bonds. The SMILES string of the molecule is CCC(N)(COC)c1ccsc1C. The fourth-order valence-electron chi connectivity index (χ4n) is 1.53. The summed E-state index contributed by atoms with van der Waals surface area (Å²) in [4.78, 5) is 1.29. The Bertz CT molecular complexity index is 272. The Kier molecular flexibility index (Phi) is 3.47. The van der Waals surface area contributed by atoms with Gasteiger partial charge in [-0.2, -0.15) is 0 Å². The van der Waals surface area contributed by atoms with Crippen molar-refractivity contribution < 1.29 is 4.74 Å². The van der Waals surface area contributed by atoms with Gasteiger partial charge in [0.25, 0.3) is 0 Å². The summed E-state index contributed by atoms with van der Waals surface area (Å²) in [7, 11) is 1.69. The highest BCUT2D eigenvalue weighted by atomic mass is 32.1. The molecule has 0 aliphatic carbocycles. The van der Waals surface area contributed by atoms with E-state index in [0.29, 0.717) is 6.61 Å². The van der Waals surface area contributed by atoms with Crippen LogP contribution in [0.25, 0.3) is 0 Å². The van der Waals surface area contributed by atoms with Gasteiger partial charge < -0.3 is 10.5 Å². The van der Waals surface area contributed by atoms with Gasteiger partial charge in [-0.05, 0) is 30.4 Å². The zero-order chi connectivity index (χ0) is 9.90. The lowest BCUT2D eigenvalue weighted by Gasteiger charge is -2.27. The number of nitrogens with two attached hydrogens (primary N) is 1. The Morgan fingerprint density at radius 3 is 2.69 bits per heavy atom. The average Bonchev–Trinajstić information content (AvgIpc) is 2.52. The van der Waals surface area contributed by atoms with E-state index in [1.807, 2.05) is 0 Å². The van der Waals surface area contributed by atoms with E-state index < -0.39 is 0 Å². The van der Waals surface area contributed by atoms with Crippen molar-refractivity contribution in [3.8, 4) is 0 Å². The normalized spacial score (nSPS) is 15.7. The van der Waals surface area contributed by atoms with E-state index in [2.05, 4.69) is 25.3 Å². The van der Waals surface area contributed by atoms with Crippen molar-refractivity contribution in [2.24, 2.45) is 5.73 Å². The van der Waals surface area contributed by atoms with E-state index >= 15 is 0 Å². The molecule has 0 saturated heterocycles. The average molecular weight is 199 g/mol. The van der Waals surface area contributed by atoms with Crippen LogP contribution >= 0.6 is 11.3 Å².